The lowest BCUT2D eigenvalue weighted by Crippen LogP contribution is -2.37. The molecule has 1 fully saturated rings. The van der Waals surface area contributed by atoms with Crippen molar-refractivity contribution in [1.29, 1.82) is 0 Å². The van der Waals surface area contributed by atoms with Gasteiger partial charge in [0.2, 0.25) is 5.75 Å². The molecule has 0 radical (unpaired) electrons. The molecule has 14 nitrogen and oxygen atoms in total. The highest BCUT2D eigenvalue weighted by Crippen LogP contribution is 2.53. The van der Waals surface area contributed by atoms with Gasteiger partial charge in [0.25, 0.3) is 0 Å². The van der Waals surface area contributed by atoms with Gasteiger partial charge in [0.15, 0.2) is 11.5 Å². The number of nitrogens with zero attached hydrogens (tertiary/aromatic N) is 2. The van der Waals surface area contributed by atoms with Gasteiger partial charge in [-0.3, -0.25) is 14.4 Å². The van der Waals surface area contributed by atoms with Crippen LogP contribution in [0.2, 0.25) is 0 Å². The zero-order valence-electron chi connectivity index (χ0n) is 52.1. The van der Waals surface area contributed by atoms with Gasteiger partial charge < -0.3 is 54.4 Å². The fourth-order valence-electron chi connectivity index (χ4n) is 15.7. The first-order chi connectivity index (χ1) is 44.2. The number of aromatic hydroxyl groups is 3. The number of H-pyrrole nitrogens is 1. The van der Waals surface area contributed by atoms with E-state index in [2.05, 4.69) is 93.6 Å². The summed E-state index contributed by atoms with van der Waals surface area (Å²) in [5.74, 6) is 7.50. The predicted octanol–water partition coefficient (Wildman–Crippen LogP) is 14.5. The maximum Gasteiger partial charge on any atom is 0.302 e. The molecule has 0 amide bonds. The third-order valence-electron chi connectivity index (χ3n) is 20.2. The Balaban J connectivity index is 0.998. The Morgan fingerprint density at radius 2 is 1.70 bits per heavy atom. The minimum Gasteiger partial charge on any atom is -0.508 e. The van der Waals surface area contributed by atoms with E-state index in [-0.39, 0.29) is 89.0 Å². The number of aliphatic hydroxyl groups excluding tert-OH is 1. The van der Waals surface area contributed by atoms with Crippen molar-refractivity contribution in [3.8, 4) is 46.3 Å². The third-order valence-corrected chi connectivity index (χ3v) is 20.2. The van der Waals surface area contributed by atoms with E-state index >= 15 is 4.79 Å². The van der Waals surface area contributed by atoms with Crippen molar-refractivity contribution in [2.75, 3.05) is 25.1 Å². The molecule has 13 rings (SSSR count). The topological polar surface area (TPSA) is 196 Å². The van der Waals surface area contributed by atoms with Gasteiger partial charge in [0.1, 0.15) is 40.7 Å². The molecule has 468 valence electrons. The number of aromatic amines is 1. The summed E-state index contributed by atoms with van der Waals surface area (Å²) in [6.07, 6.45) is 24.1. The number of rotatable bonds is 12. The molecule has 5 aromatic carbocycles. The Hall–Kier alpha value is -9.19. The van der Waals surface area contributed by atoms with E-state index in [1.54, 1.807) is 24.3 Å². The second-order valence-electron chi connectivity index (χ2n) is 25.9. The van der Waals surface area contributed by atoms with Crippen LogP contribution in [0, 0.1) is 29.1 Å². The largest absolute Gasteiger partial charge is 0.508 e. The highest BCUT2D eigenvalue weighted by Gasteiger charge is 2.43. The SMILES string of the molecule is COc1cc(C2CC(=O)CC(OC(C)=O)CCC34Cc5c[nH]cc5C(C#CCC3=CC=CC4C)C(c3cccc(O)c3)C3=CCNC(=C3)N(CCC(=O)C3CCCCC3)c3ccc4c5c(n2cc35)CCC4O)cc(O)c1Oc1cc(O)cc(Cc2ccccc2)c1. The number of aryl methyl sites for hydroxylation is 1. The van der Waals surface area contributed by atoms with Crippen molar-refractivity contribution in [2.45, 2.75) is 140 Å². The summed E-state index contributed by atoms with van der Waals surface area (Å²) in [5, 5.41) is 52.0. The van der Waals surface area contributed by atoms with Gasteiger partial charge in [-0.15, -0.1) is 0 Å². The molecular formula is C77H80N4O10. The van der Waals surface area contributed by atoms with Crippen LogP contribution in [0.5, 0.6) is 34.5 Å². The molecule has 6 aliphatic rings. The molecule has 2 aliphatic heterocycles. The van der Waals surface area contributed by atoms with Crippen molar-refractivity contribution in [3.05, 3.63) is 208 Å². The molecule has 14 heteroatoms. The van der Waals surface area contributed by atoms with Gasteiger partial charge in [0, 0.05) is 104 Å². The number of methoxy groups -OCH3 is 1. The monoisotopic (exact) mass is 1220 g/mol. The van der Waals surface area contributed by atoms with Crippen LogP contribution in [-0.4, -0.2) is 73.8 Å². The number of hydrogen-bond donors (Lipinski definition) is 6. The van der Waals surface area contributed by atoms with Crippen LogP contribution in [0.15, 0.2) is 163 Å². The van der Waals surface area contributed by atoms with Crippen LogP contribution in [-0.2, 0) is 38.4 Å². The summed E-state index contributed by atoms with van der Waals surface area (Å²) in [7, 11) is 1.49. The van der Waals surface area contributed by atoms with Gasteiger partial charge in [0.05, 0.1) is 30.9 Å². The molecule has 0 saturated heterocycles. The molecule has 6 bridgehead atoms. The molecule has 4 aliphatic carbocycles. The zero-order chi connectivity index (χ0) is 62.9. The lowest BCUT2D eigenvalue weighted by molar-refractivity contribution is -0.148. The number of ketones is 2. The Morgan fingerprint density at radius 1 is 0.857 bits per heavy atom. The first-order valence-electron chi connectivity index (χ1n) is 32.5. The molecular weight excluding hydrogens is 1140 g/mol. The van der Waals surface area contributed by atoms with Gasteiger partial charge in [-0.1, -0.05) is 116 Å². The first kappa shape index (κ1) is 60.7. The van der Waals surface area contributed by atoms with Crippen molar-refractivity contribution < 1.29 is 49.0 Å². The molecule has 4 heterocycles. The molecule has 7 aromatic rings. The maximum absolute atomic E-state index is 15.5. The number of benzene rings is 5. The van der Waals surface area contributed by atoms with Gasteiger partial charge in [-0.05, 0) is 150 Å². The van der Waals surface area contributed by atoms with E-state index in [0.29, 0.717) is 63.6 Å². The summed E-state index contributed by atoms with van der Waals surface area (Å²) in [6, 6.07) is 29.0. The second kappa shape index (κ2) is 26.0. The van der Waals surface area contributed by atoms with E-state index in [4.69, 9.17) is 14.2 Å². The normalized spacial score (nSPS) is 23.4. The number of phenolic OH excluding ortho intramolecular Hbond substituents is 3. The predicted molar refractivity (Wildman–Crippen MR) is 351 cm³/mol. The van der Waals surface area contributed by atoms with Crippen molar-refractivity contribution in [3.63, 3.8) is 0 Å². The van der Waals surface area contributed by atoms with Crippen LogP contribution in [0.4, 0.5) is 5.69 Å². The number of dihydropyridines is 1. The number of anilines is 1. The van der Waals surface area contributed by atoms with E-state index in [1.807, 2.05) is 60.7 Å². The Labute approximate surface area is 532 Å². The second-order valence-corrected chi connectivity index (χ2v) is 25.9. The number of aliphatic hydroxyl groups is 1. The number of esters is 1. The fourth-order valence-corrected chi connectivity index (χ4v) is 15.7. The Bertz CT molecular complexity index is 4130. The fraction of sp³-hybridized carbons (Fsp3) is 0.364. The Morgan fingerprint density at radius 3 is 2.52 bits per heavy atom. The van der Waals surface area contributed by atoms with Gasteiger partial charge in [-0.2, -0.15) is 0 Å². The minimum absolute atomic E-state index is 0.0104. The smallest absolute Gasteiger partial charge is 0.302 e. The number of phenols is 3. The number of carbonyl (C=O) groups is 3. The van der Waals surface area contributed by atoms with Crippen molar-refractivity contribution >= 4 is 34.0 Å². The summed E-state index contributed by atoms with van der Waals surface area (Å²) in [4.78, 5) is 49.0. The zero-order valence-corrected chi connectivity index (χ0v) is 52.1. The number of fused-ring (bicyclic) bond motifs is 3. The van der Waals surface area contributed by atoms with E-state index in [0.717, 1.165) is 99.0 Å². The number of allylic oxidation sites excluding steroid dienone is 6. The summed E-state index contributed by atoms with van der Waals surface area (Å²) < 4.78 is 20.9. The molecule has 7 atom stereocenters. The average Bonchev–Trinajstić information content (AvgIpc) is 1.63. The minimum atomic E-state index is -0.791. The first-order valence-corrected chi connectivity index (χ1v) is 32.5. The summed E-state index contributed by atoms with van der Waals surface area (Å²) in [5.41, 5.74) is 9.51. The van der Waals surface area contributed by atoms with E-state index in [9.17, 15) is 30.0 Å². The lowest BCUT2D eigenvalue weighted by Gasteiger charge is -2.43. The summed E-state index contributed by atoms with van der Waals surface area (Å²) in [6.45, 7) is 4.41. The molecule has 6 N–H and O–H groups in total. The van der Waals surface area contributed by atoms with Crippen LogP contribution in [0.3, 0.4) is 0 Å². The summed E-state index contributed by atoms with van der Waals surface area (Å²) >= 11 is 0. The number of ether oxygens (including phenoxy) is 3. The van der Waals surface area contributed by atoms with Crippen LogP contribution < -0.4 is 19.7 Å². The quantitative estimate of drug-likeness (QED) is 0.0501. The lowest BCUT2D eigenvalue weighted by atomic mass is 9.61. The van der Waals surface area contributed by atoms with Crippen LogP contribution in [0.1, 0.15) is 160 Å². The van der Waals surface area contributed by atoms with Crippen LogP contribution >= 0.6 is 0 Å². The number of aromatic nitrogens is 2. The van der Waals surface area contributed by atoms with Crippen molar-refractivity contribution in [2.24, 2.45) is 17.3 Å². The van der Waals surface area contributed by atoms with Gasteiger partial charge >= 0.3 is 5.97 Å². The maximum atomic E-state index is 15.5. The number of nitrogens with one attached hydrogen (secondary N) is 2. The van der Waals surface area contributed by atoms with E-state index < -0.39 is 29.6 Å². The number of carbonyl (C=O) groups excluding carboxylic acids is 3. The molecule has 7 unspecified atom stereocenters. The van der Waals surface area contributed by atoms with Crippen LogP contribution in [0.25, 0.3) is 10.8 Å². The number of hydrogen-bond acceptors (Lipinski definition) is 12. The third kappa shape index (κ3) is 12.4. The Kier molecular flexibility index (Phi) is 17.3. The molecule has 91 heavy (non-hydrogen) atoms. The molecule has 1 saturated carbocycles. The number of Topliss-reactive ketones (excluding diaryl/α,β-unsaturated/α-hetero) is 2. The standard InChI is InChI=1S/C77H80N4O10/c1-47-13-10-19-56-20-12-22-62-64-45-78-44-55(64)43-77(47,56)30-27-60(90-48(2)82)40-59(85)42-68(54-37-71(88)76(72(38-54)89-3)91-61-35-50(34-58(84)41-61)33-49-14-6-4-7-15-49)81-46-65-66(24-23-63-70(87)26-25-67(81)75(63)65)80(32-29-69(86)51-16-8-5-9-17-51)73-39-53(28-31-79-73)74(62)52-18-11-21-57(83)36-52/h4,6-7,10-11,13-15,18-19,21,23-24,28,34-39,41,44-47,51,60,62,68,70,74,78-79,83-84,87-88H,5,8-9,16-17,20,25-27,29-33,40,42-43H2,1-3H3. The average molecular weight is 1220 g/mol. The molecule has 1 spiro atoms. The molecule has 2 aromatic heterocycles. The highest BCUT2D eigenvalue weighted by atomic mass is 16.5. The van der Waals surface area contributed by atoms with E-state index in [1.165, 1.54) is 25.7 Å². The highest BCUT2D eigenvalue weighted by molar-refractivity contribution is 6.00. The van der Waals surface area contributed by atoms with Gasteiger partial charge in [-0.25, -0.2) is 0 Å². The van der Waals surface area contributed by atoms with Crippen molar-refractivity contribution in [1.82, 2.24) is 14.9 Å².